The van der Waals surface area contributed by atoms with E-state index in [0.717, 1.165) is 29.0 Å². The van der Waals surface area contributed by atoms with E-state index in [1.54, 1.807) is 0 Å². The molecule has 0 aliphatic heterocycles. The van der Waals surface area contributed by atoms with E-state index in [4.69, 9.17) is 15.2 Å². The maximum atomic E-state index is 5.77. The van der Waals surface area contributed by atoms with Gasteiger partial charge in [0.1, 0.15) is 24.7 Å². The zero-order valence-corrected chi connectivity index (χ0v) is 11.8. The number of hydrogen-bond acceptors (Lipinski definition) is 3. The molecule has 2 rings (SSSR count). The molecule has 0 amide bonds. The van der Waals surface area contributed by atoms with Crippen molar-refractivity contribution in [2.45, 2.75) is 13.3 Å². The van der Waals surface area contributed by atoms with Crippen molar-refractivity contribution < 1.29 is 9.47 Å². The van der Waals surface area contributed by atoms with Gasteiger partial charge in [-0.3, -0.25) is 0 Å². The SMILES string of the molecule is Cc1ccccc1OCCOc1ccccc1CCN. The van der Waals surface area contributed by atoms with Gasteiger partial charge in [-0.25, -0.2) is 0 Å². The summed E-state index contributed by atoms with van der Waals surface area (Å²) in [6.45, 7) is 3.71. The number of para-hydroxylation sites is 2. The molecule has 0 fully saturated rings. The smallest absolute Gasteiger partial charge is 0.122 e. The molecule has 106 valence electrons. The summed E-state index contributed by atoms with van der Waals surface area (Å²) >= 11 is 0. The molecule has 0 saturated heterocycles. The number of nitrogens with two attached hydrogens (primary N) is 1. The first-order valence-electron chi connectivity index (χ1n) is 6.90. The fraction of sp³-hybridized carbons (Fsp3) is 0.294. The Kier molecular flexibility index (Phi) is 5.44. The molecule has 0 aliphatic rings. The lowest BCUT2D eigenvalue weighted by atomic mass is 10.1. The zero-order chi connectivity index (χ0) is 14.2. The van der Waals surface area contributed by atoms with Gasteiger partial charge in [-0.15, -0.1) is 0 Å². The summed E-state index contributed by atoms with van der Waals surface area (Å²) in [5.41, 5.74) is 7.88. The Balaban J connectivity index is 1.83. The molecule has 0 heterocycles. The van der Waals surface area contributed by atoms with E-state index in [1.807, 2.05) is 55.5 Å². The van der Waals surface area contributed by atoms with Crippen LogP contribution in [0.5, 0.6) is 11.5 Å². The van der Waals surface area contributed by atoms with Crippen molar-refractivity contribution in [3.05, 3.63) is 59.7 Å². The third-order valence-electron chi connectivity index (χ3n) is 3.08. The molecule has 0 spiro atoms. The van der Waals surface area contributed by atoms with Crippen LogP contribution in [-0.2, 0) is 6.42 Å². The second-order valence-electron chi connectivity index (χ2n) is 4.61. The van der Waals surface area contributed by atoms with Crippen LogP contribution in [0.2, 0.25) is 0 Å². The molecule has 3 nitrogen and oxygen atoms in total. The lowest BCUT2D eigenvalue weighted by Crippen LogP contribution is -2.11. The minimum Gasteiger partial charge on any atom is -0.490 e. The van der Waals surface area contributed by atoms with Crippen molar-refractivity contribution in [3.63, 3.8) is 0 Å². The van der Waals surface area contributed by atoms with Crippen LogP contribution in [0.1, 0.15) is 11.1 Å². The number of benzene rings is 2. The van der Waals surface area contributed by atoms with Crippen molar-refractivity contribution in [1.82, 2.24) is 0 Å². The van der Waals surface area contributed by atoms with Crippen molar-refractivity contribution in [2.24, 2.45) is 5.73 Å². The van der Waals surface area contributed by atoms with E-state index in [1.165, 1.54) is 0 Å². The highest BCUT2D eigenvalue weighted by molar-refractivity contribution is 5.34. The first-order valence-corrected chi connectivity index (χ1v) is 6.90. The third kappa shape index (κ3) is 4.00. The van der Waals surface area contributed by atoms with E-state index < -0.39 is 0 Å². The number of hydrogen-bond donors (Lipinski definition) is 1. The van der Waals surface area contributed by atoms with Gasteiger partial charge in [0.25, 0.3) is 0 Å². The van der Waals surface area contributed by atoms with E-state index in [0.29, 0.717) is 19.8 Å². The summed E-state index contributed by atoms with van der Waals surface area (Å²) < 4.78 is 11.5. The van der Waals surface area contributed by atoms with Crippen LogP contribution < -0.4 is 15.2 Å². The Hall–Kier alpha value is -2.00. The molecule has 0 aromatic heterocycles. The molecular formula is C17H21NO2. The summed E-state index contributed by atoms with van der Waals surface area (Å²) in [5, 5.41) is 0. The Labute approximate surface area is 120 Å². The van der Waals surface area contributed by atoms with Crippen LogP contribution in [0.25, 0.3) is 0 Å². The Morgan fingerprint density at radius 2 is 1.45 bits per heavy atom. The Bertz CT molecular complexity index is 540. The summed E-state index contributed by atoms with van der Waals surface area (Å²) in [5.74, 6) is 1.80. The topological polar surface area (TPSA) is 44.5 Å². The highest BCUT2D eigenvalue weighted by Crippen LogP contribution is 2.19. The second-order valence-corrected chi connectivity index (χ2v) is 4.61. The van der Waals surface area contributed by atoms with Crippen LogP contribution in [0.15, 0.2) is 48.5 Å². The van der Waals surface area contributed by atoms with Gasteiger partial charge in [0.05, 0.1) is 0 Å². The van der Waals surface area contributed by atoms with E-state index in [-0.39, 0.29) is 0 Å². The molecule has 0 atom stereocenters. The van der Waals surface area contributed by atoms with Crippen molar-refractivity contribution in [1.29, 1.82) is 0 Å². The molecule has 2 N–H and O–H groups in total. The Morgan fingerprint density at radius 1 is 0.850 bits per heavy atom. The van der Waals surface area contributed by atoms with Crippen LogP contribution in [0.4, 0.5) is 0 Å². The second kappa shape index (κ2) is 7.56. The zero-order valence-electron chi connectivity index (χ0n) is 11.8. The van der Waals surface area contributed by atoms with Gasteiger partial charge in [0.2, 0.25) is 0 Å². The number of ether oxygens (including phenoxy) is 2. The van der Waals surface area contributed by atoms with Crippen molar-refractivity contribution in [2.75, 3.05) is 19.8 Å². The minimum absolute atomic E-state index is 0.524. The number of aryl methyl sites for hydroxylation is 1. The van der Waals surface area contributed by atoms with Crippen LogP contribution in [-0.4, -0.2) is 19.8 Å². The van der Waals surface area contributed by atoms with Crippen LogP contribution in [0.3, 0.4) is 0 Å². The first kappa shape index (κ1) is 14.4. The average molecular weight is 271 g/mol. The quantitative estimate of drug-likeness (QED) is 0.787. The van der Waals surface area contributed by atoms with Gasteiger partial charge in [0, 0.05) is 0 Å². The van der Waals surface area contributed by atoms with E-state index >= 15 is 0 Å². The van der Waals surface area contributed by atoms with E-state index in [2.05, 4.69) is 0 Å². The summed E-state index contributed by atoms with van der Waals surface area (Å²) in [6.07, 6.45) is 0.828. The monoisotopic (exact) mass is 271 g/mol. The predicted molar refractivity (Wildman–Crippen MR) is 81.4 cm³/mol. The lowest BCUT2D eigenvalue weighted by Gasteiger charge is -2.12. The fourth-order valence-corrected chi connectivity index (χ4v) is 2.03. The minimum atomic E-state index is 0.524. The summed E-state index contributed by atoms with van der Waals surface area (Å²) in [6, 6.07) is 16.0. The normalized spacial score (nSPS) is 10.3. The maximum Gasteiger partial charge on any atom is 0.122 e. The molecule has 0 bridgehead atoms. The first-order chi connectivity index (χ1) is 9.81. The molecular weight excluding hydrogens is 250 g/mol. The highest BCUT2D eigenvalue weighted by Gasteiger charge is 2.02. The van der Waals surface area contributed by atoms with Crippen LogP contribution >= 0.6 is 0 Å². The molecule has 3 heteroatoms. The standard InChI is InChI=1S/C17H21NO2/c1-14-6-2-4-8-16(14)19-12-13-20-17-9-5-3-7-15(17)10-11-18/h2-9H,10-13,18H2,1H3. The van der Waals surface area contributed by atoms with Crippen LogP contribution in [0, 0.1) is 6.92 Å². The molecule has 2 aromatic rings. The Morgan fingerprint density at radius 3 is 2.15 bits per heavy atom. The molecule has 2 aromatic carbocycles. The largest absolute Gasteiger partial charge is 0.490 e. The van der Waals surface area contributed by atoms with Crippen molar-refractivity contribution in [3.8, 4) is 11.5 Å². The average Bonchev–Trinajstić information content (AvgIpc) is 2.47. The fourth-order valence-electron chi connectivity index (χ4n) is 2.03. The summed E-state index contributed by atoms with van der Waals surface area (Å²) in [7, 11) is 0. The maximum absolute atomic E-state index is 5.77. The van der Waals surface area contributed by atoms with Gasteiger partial charge in [-0.05, 0) is 43.1 Å². The lowest BCUT2D eigenvalue weighted by molar-refractivity contribution is 0.215. The summed E-state index contributed by atoms with van der Waals surface area (Å²) in [4.78, 5) is 0. The number of rotatable bonds is 7. The predicted octanol–water partition coefficient (Wildman–Crippen LogP) is 2.95. The van der Waals surface area contributed by atoms with Gasteiger partial charge < -0.3 is 15.2 Å². The van der Waals surface area contributed by atoms with Crippen molar-refractivity contribution >= 4 is 0 Å². The van der Waals surface area contributed by atoms with Gasteiger partial charge in [-0.2, -0.15) is 0 Å². The van der Waals surface area contributed by atoms with Gasteiger partial charge in [0.15, 0.2) is 0 Å². The highest BCUT2D eigenvalue weighted by atomic mass is 16.5. The molecule has 0 saturated carbocycles. The van der Waals surface area contributed by atoms with Gasteiger partial charge in [-0.1, -0.05) is 36.4 Å². The third-order valence-corrected chi connectivity index (χ3v) is 3.08. The van der Waals surface area contributed by atoms with Gasteiger partial charge >= 0.3 is 0 Å². The molecule has 0 unspecified atom stereocenters. The molecule has 0 radical (unpaired) electrons. The molecule has 0 aliphatic carbocycles. The van der Waals surface area contributed by atoms with E-state index in [9.17, 15) is 0 Å². The molecule has 20 heavy (non-hydrogen) atoms.